The standard InChI is InChI=1S/C17H14F3N3O2S/c1-9-11-7-6-10(8-13(11)23-16(21)22-9)15-12(17(18,19)20)4-3-5-14(15)26(2,24)25/h3-8H,1-2H3,(H2,21,22,23). The number of halogens is 3. The average Bonchev–Trinajstić information content (AvgIpc) is 2.51. The highest BCUT2D eigenvalue weighted by Gasteiger charge is 2.36. The van der Waals surface area contributed by atoms with Gasteiger partial charge < -0.3 is 5.73 Å². The van der Waals surface area contributed by atoms with E-state index in [0.29, 0.717) is 16.6 Å². The van der Waals surface area contributed by atoms with E-state index in [-0.39, 0.29) is 11.5 Å². The molecule has 0 spiro atoms. The first kappa shape index (κ1) is 18.1. The van der Waals surface area contributed by atoms with Gasteiger partial charge in [0.25, 0.3) is 0 Å². The Morgan fingerprint density at radius 2 is 1.77 bits per heavy atom. The van der Waals surface area contributed by atoms with E-state index in [4.69, 9.17) is 5.73 Å². The molecule has 5 nitrogen and oxygen atoms in total. The fourth-order valence-electron chi connectivity index (χ4n) is 2.84. The molecule has 0 saturated carbocycles. The maximum absolute atomic E-state index is 13.5. The highest BCUT2D eigenvalue weighted by Crippen LogP contribution is 2.41. The molecular weight excluding hydrogens is 367 g/mol. The summed E-state index contributed by atoms with van der Waals surface area (Å²) in [7, 11) is -3.89. The van der Waals surface area contributed by atoms with Gasteiger partial charge in [0, 0.05) is 17.2 Å². The lowest BCUT2D eigenvalue weighted by molar-refractivity contribution is -0.137. The molecule has 136 valence electrons. The van der Waals surface area contributed by atoms with Gasteiger partial charge in [0.2, 0.25) is 5.95 Å². The van der Waals surface area contributed by atoms with Crippen molar-refractivity contribution >= 4 is 26.7 Å². The Bertz CT molecular complexity index is 1130. The van der Waals surface area contributed by atoms with Crippen molar-refractivity contribution in [1.82, 2.24) is 9.97 Å². The van der Waals surface area contributed by atoms with Crippen LogP contribution in [0.1, 0.15) is 11.3 Å². The van der Waals surface area contributed by atoms with Crippen LogP contribution in [-0.2, 0) is 16.0 Å². The molecule has 0 saturated heterocycles. The van der Waals surface area contributed by atoms with E-state index in [1.807, 2.05) is 0 Å². The number of nitrogen functional groups attached to an aromatic ring is 1. The second-order valence-corrected chi connectivity index (χ2v) is 7.83. The van der Waals surface area contributed by atoms with E-state index < -0.39 is 32.0 Å². The van der Waals surface area contributed by atoms with Crippen LogP contribution in [0, 0.1) is 6.92 Å². The largest absolute Gasteiger partial charge is 0.417 e. The summed E-state index contributed by atoms with van der Waals surface area (Å²) in [6.07, 6.45) is -3.84. The normalized spacial score (nSPS) is 12.5. The van der Waals surface area contributed by atoms with Crippen LogP contribution in [0.3, 0.4) is 0 Å². The number of fused-ring (bicyclic) bond motifs is 1. The van der Waals surface area contributed by atoms with Crippen molar-refractivity contribution < 1.29 is 21.6 Å². The Morgan fingerprint density at radius 3 is 2.38 bits per heavy atom. The van der Waals surface area contributed by atoms with Crippen LogP contribution in [0.2, 0.25) is 0 Å². The highest BCUT2D eigenvalue weighted by molar-refractivity contribution is 7.90. The lowest BCUT2D eigenvalue weighted by atomic mass is 9.97. The van der Waals surface area contributed by atoms with Crippen molar-refractivity contribution in [2.75, 3.05) is 12.0 Å². The number of aryl methyl sites for hydroxylation is 1. The van der Waals surface area contributed by atoms with Gasteiger partial charge in [0.1, 0.15) is 0 Å². The molecule has 0 amide bonds. The van der Waals surface area contributed by atoms with Crippen molar-refractivity contribution in [3.05, 3.63) is 47.7 Å². The number of anilines is 1. The predicted molar refractivity (Wildman–Crippen MR) is 92.2 cm³/mol. The Hall–Kier alpha value is -2.68. The molecule has 0 atom stereocenters. The zero-order valence-electron chi connectivity index (χ0n) is 13.8. The van der Waals surface area contributed by atoms with E-state index in [9.17, 15) is 21.6 Å². The number of nitrogens with two attached hydrogens (primary N) is 1. The fourth-order valence-corrected chi connectivity index (χ4v) is 3.76. The molecule has 3 rings (SSSR count). The van der Waals surface area contributed by atoms with Crippen LogP contribution < -0.4 is 5.73 Å². The molecule has 3 aromatic rings. The molecule has 0 aliphatic heterocycles. The van der Waals surface area contributed by atoms with Crippen molar-refractivity contribution in [3.8, 4) is 11.1 Å². The molecule has 0 aliphatic carbocycles. The molecule has 2 N–H and O–H groups in total. The van der Waals surface area contributed by atoms with Crippen LogP contribution >= 0.6 is 0 Å². The quantitative estimate of drug-likeness (QED) is 0.733. The molecule has 0 bridgehead atoms. The molecule has 1 aromatic heterocycles. The number of nitrogens with zero attached hydrogens (tertiary/aromatic N) is 2. The van der Waals surface area contributed by atoms with Gasteiger partial charge in [0.05, 0.1) is 21.7 Å². The van der Waals surface area contributed by atoms with E-state index in [1.165, 1.54) is 12.1 Å². The van der Waals surface area contributed by atoms with Gasteiger partial charge in [-0.25, -0.2) is 18.4 Å². The second-order valence-electron chi connectivity index (χ2n) is 5.85. The summed E-state index contributed by atoms with van der Waals surface area (Å²) in [6.45, 7) is 1.70. The average molecular weight is 381 g/mol. The van der Waals surface area contributed by atoms with E-state index in [1.54, 1.807) is 13.0 Å². The van der Waals surface area contributed by atoms with Crippen molar-refractivity contribution in [3.63, 3.8) is 0 Å². The molecular formula is C17H14F3N3O2S. The Labute approximate surface area is 147 Å². The van der Waals surface area contributed by atoms with Gasteiger partial charge in [-0.05, 0) is 30.7 Å². The third kappa shape index (κ3) is 3.22. The maximum atomic E-state index is 13.5. The predicted octanol–water partition coefficient (Wildman–Crippen LogP) is 3.61. The number of hydrogen-bond donors (Lipinski definition) is 1. The lowest BCUT2D eigenvalue weighted by Gasteiger charge is -2.17. The number of hydrogen-bond acceptors (Lipinski definition) is 5. The molecule has 0 aliphatic rings. The van der Waals surface area contributed by atoms with Gasteiger partial charge >= 0.3 is 6.18 Å². The third-order valence-electron chi connectivity index (χ3n) is 3.92. The van der Waals surface area contributed by atoms with E-state index >= 15 is 0 Å². The summed E-state index contributed by atoms with van der Waals surface area (Å²) < 4.78 is 64.6. The number of alkyl halides is 3. The molecule has 1 heterocycles. The summed E-state index contributed by atoms with van der Waals surface area (Å²) in [4.78, 5) is 7.65. The zero-order chi connectivity index (χ0) is 19.3. The smallest absolute Gasteiger partial charge is 0.368 e. The molecule has 0 unspecified atom stereocenters. The van der Waals surface area contributed by atoms with Crippen molar-refractivity contribution in [2.45, 2.75) is 18.0 Å². The Kier molecular flexibility index (Phi) is 4.14. The van der Waals surface area contributed by atoms with Gasteiger partial charge in [0.15, 0.2) is 9.84 Å². The van der Waals surface area contributed by atoms with Crippen LogP contribution in [0.4, 0.5) is 19.1 Å². The molecule has 9 heteroatoms. The van der Waals surface area contributed by atoms with Gasteiger partial charge in [-0.15, -0.1) is 0 Å². The van der Waals surface area contributed by atoms with Crippen molar-refractivity contribution in [2.24, 2.45) is 0 Å². The first-order valence-electron chi connectivity index (χ1n) is 7.43. The van der Waals surface area contributed by atoms with Crippen molar-refractivity contribution in [1.29, 1.82) is 0 Å². The number of benzene rings is 2. The first-order chi connectivity index (χ1) is 12.0. The minimum absolute atomic E-state index is 0.0143. The highest BCUT2D eigenvalue weighted by atomic mass is 32.2. The number of aromatic nitrogens is 2. The second kappa shape index (κ2) is 5.94. The topological polar surface area (TPSA) is 85.9 Å². The van der Waals surface area contributed by atoms with Crippen LogP contribution in [-0.4, -0.2) is 24.6 Å². The van der Waals surface area contributed by atoms with Crippen LogP contribution in [0.15, 0.2) is 41.3 Å². The zero-order valence-corrected chi connectivity index (χ0v) is 14.6. The summed E-state index contributed by atoms with van der Waals surface area (Å²) in [5, 5.41) is 0.619. The summed E-state index contributed by atoms with van der Waals surface area (Å²) in [6, 6.07) is 7.46. The molecule has 0 fully saturated rings. The minimum atomic E-state index is -4.72. The van der Waals surface area contributed by atoms with E-state index in [2.05, 4.69) is 9.97 Å². The maximum Gasteiger partial charge on any atom is 0.417 e. The molecule has 0 radical (unpaired) electrons. The summed E-state index contributed by atoms with van der Waals surface area (Å²) in [5.41, 5.74) is 5.18. The fraction of sp³-hybridized carbons (Fsp3) is 0.176. The molecule has 26 heavy (non-hydrogen) atoms. The third-order valence-corrected chi connectivity index (χ3v) is 5.06. The first-order valence-corrected chi connectivity index (χ1v) is 9.32. The Morgan fingerprint density at radius 1 is 1.08 bits per heavy atom. The van der Waals surface area contributed by atoms with Gasteiger partial charge in [-0.1, -0.05) is 18.2 Å². The lowest BCUT2D eigenvalue weighted by Crippen LogP contribution is -2.11. The Balaban J connectivity index is 2.41. The summed E-state index contributed by atoms with van der Waals surface area (Å²) in [5.74, 6) is -0.0143. The van der Waals surface area contributed by atoms with Crippen LogP contribution in [0.25, 0.3) is 22.0 Å². The monoisotopic (exact) mass is 381 g/mol. The SMILES string of the molecule is Cc1nc(N)nc2cc(-c3c(C(F)(F)F)cccc3S(C)(=O)=O)ccc12. The van der Waals surface area contributed by atoms with E-state index in [0.717, 1.165) is 24.5 Å². The van der Waals surface area contributed by atoms with Gasteiger partial charge in [-0.3, -0.25) is 0 Å². The summed E-state index contributed by atoms with van der Waals surface area (Å²) >= 11 is 0. The number of sulfone groups is 1. The van der Waals surface area contributed by atoms with Gasteiger partial charge in [-0.2, -0.15) is 13.2 Å². The minimum Gasteiger partial charge on any atom is -0.368 e. The molecule has 2 aromatic carbocycles. The number of rotatable bonds is 2. The van der Waals surface area contributed by atoms with Crippen LogP contribution in [0.5, 0.6) is 0 Å².